The summed E-state index contributed by atoms with van der Waals surface area (Å²) in [6, 6.07) is 9.75. The van der Waals surface area contributed by atoms with Gasteiger partial charge in [-0.1, -0.05) is 30.3 Å². The van der Waals surface area contributed by atoms with Gasteiger partial charge in [0.15, 0.2) is 5.03 Å². The molecule has 0 aliphatic heterocycles. The van der Waals surface area contributed by atoms with E-state index in [2.05, 4.69) is 10.4 Å². The molecule has 0 saturated heterocycles. The lowest BCUT2D eigenvalue weighted by atomic mass is 10.1. The molecule has 3 N–H and O–H groups in total. The molecule has 1 aromatic carbocycles. The van der Waals surface area contributed by atoms with Gasteiger partial charge in [0.2, 0.25) is 0 Å². The molecular formula is C9H12N4O2. The molecule has 0 unspecified atom stereocenters. The molecule has 6 heteroatoms. The Bertz CT molecular complexity index is 350. The van der Waals surface area contributed by atoms with E-state index in [0.29, 0.717) is 6.54 Å². The molecule has 0 aliphatic rings. The second-order valence-electron chi connectivity index (χ2n) is 2.89. The Kier molecular flexibility index (Phi) is 4.08. The lowest BCUT2D eigenvalue weighted by molar-refractivity contribution is -0.485. The number of nitrogens with zero attached hydrogens (tertiary/aromatic N) is 2. The van der Waals surface area contributed by atoms with Crippen LogP contribution >= 0.6 is 0 Å². The van der Waals surface area contributed by atoms with Gasteiger partial charge in [0.1, 0.15) is 5.10 Å². The number of hydrazone groups is 1. The van der Waals surface area contributed by atoms with Gasteiger partial charge in [-0.15, -0.1) is 0 Å². The highest BCUT2D eigenvalue weighted by atomic mass is 16.7. The highest BCUT2D eigenvalue weighted by Gasteiger charge is 1.97. The Morgan fingerprint density at radius 1 is 1.47 bits per heavy atom. The molecule has 15 heavy (non-hydrogen) atoms. The summed E-state index contributed by atoms with van der Waals surface area (Å²) < 4.78 is 0. The van der Waals surface area contributed by atoms with Crippen LogP contribution in [0.4, 0.5) is 0 Å². The van der Waals surface area contributed by atoms with E-state index < -0.39 is 5.03 Å². The first-order valence-electron chi connectivity index (χ1n) is 4.45. The third kappa shape index (κ3) is 4.61. The summed E-state index contributed by atoms with van der Waals surface area (Å²) in [6.45, 7) is 0.521. The predicted octanol–water partition coefficient (Wildman–Crippen LogP) is 0.325. The van der Waals surface area contributed by atoms with E-state index in [1.165, 1.54) is 0 Å². The van der Waals surface area contributed by atoms with E-state index in [-0.39, 0.29) is 5.96 Å². The minimum Gasteiger partial charge on any atom is -0.365 e. The average Bonchev–Trinajstić information content (AvgIpc) is 2.18. The Morgan fingerprint density at radius 2 is 2.13 bits per heavy atom. The SMILES string of the molecule is N/C(=N/[N+](=O)[O-])NCCc1ccccc1. The Morgan fingerprint density at radius 3 is 2.73 bits per heavy atom. The second-order valence-corrected chi connectivity index (χ2v) is 2.89. The van der Waals surface area contributed by atoms with E-state index in [1.54, 1.807) is 0 Å². The molecule has 1 rings (SSSR count). The van der Waals surface area contributed by atoms with Crippen LogP contribution in [0.5, 0.6) is 0 Å². The van der Waals surface area contributed by atoms with Crippen LogP contribution in [0.25, 0.3) is 0 Å². The molecule has 0 aromatic heterocycles. The molecule has 1 aromatic rings. The van der Waals surface area contributed by atoms with E-state index in [1.807, 2.05) is 30.3 Å². The van der Waals surface area contributed by atoms with Crippen molar-refractivity contribution in [3.63, 3.8) is 0 Å². The first-order chi connectivity index (χ1) is 7.18. The van der Waals surface area contributed by atoms with E-state index in [9.17, 15) is 10.1 Å². The smallest absolute Gasteiger partial charge is 0.266 e. The van der Waals surface area contributed by atoms with Crippen LogP contribution in [0.3, 0.4) is 0 Å². The number of hydrogen-bond donors (Lipinski definition) is 2. The molecular weight excluding hydrogens is 196 g/mol. The summed E-state index contributed by atoms with van der Waals surface area (Å²) in [5.74, 6) is -0.170. The maximum absolute atomic E-state index is 9.94. The molecule has 0 fully saturated rings. The van der Waals surface area contributed by atoms with Gasteiger partial charge >= 0.3 is 0 Å². The van der Waals surface area contributed by atoms with Crippen molar-refractivity contribution in [2.24, 2.45) is 10.8 Å². The first-order valence-corrected chi connectivity index (χ1v) is 4.45. The average molecular weight is 208 g/mol. The molecule has 0 spiro atoms. The number of nitrogens with one attached hydrogen (secondary N) is 1. The van der Waals surface area contributed by atoms with Gasteiger partial charge in [0.25, 0.3) is 5.96 Å². The Labute approximate surface area is 86.9 Å². The van der Waals surface area contributed by atoms with Gasteiger partial charge in [-0.3, -0.25) is 0 Å². The van der Waals surface area contributed by atoms with Crippen molar-refractivity contribution in [3.8, 4) is 0 Å². The summed E-state index contributed by atoms with van der Waals surface area (Å²) >= 11 is 0. The Balaban J connectivity index is 2.31. The van der Waals surface area contributed by atoms with Crippen molar-refractivity contribution in [2.45, 2.75) is 6.42 Å². The quantitative estimate of drug-likeness (QED) is 0.322. The van der Waals surface area contributed by atoms with Gasteiger partial charge in [0, 0.05) is 6.54 Å². The van der Waals surface area contributed by atoms with Crippen LogP contribution in [-0.2, 0) is 6.42 Å². The fraction of sp³-hybridized carbons (Fsp3) is 0.222. The highest BCUT2D eigenvalue weighted by molar-refractivity contribution is 5.76. The van der Waals surface area contributed by atoms with Gasteiger partial charge in [0.05, 0.1) is 0 Å². The topological polar surface area (TPSA) is 93.5 Å². The molecule has 0 amide bonds. The summed E-state index contributed by atoms with van der Waals surface area (Å²) in [5, 5.41) is 14.7. The molecule has 0 saturated carbocycles. The maximum Gasteiger partial charge on any atom is 0.266 e. The van der Waals surface area contributed by atoms with Crippen molar-refractivity contribution in [1.82, 2.24) is 5.32 Å². The summed E-state index contributed by atoms with van der Waals surface area (Å²) in [4.78, 5) is 9.94. The number of rotatable bonds is 4. The fourth-order valence-electron chi connectivity index (χ4n) is 1.10. The Hall–Kier alpha value is -2.11. The van der Waals surface area contributed by atoms with Gasteiger partial charge in [-0.2, -0.15) is 0 Å². The summed E-state index contributed by atoms with van der Waals surface area (Å²) in [7, 11) is 0. The molecule has 0 radical (unpaired) electrons. The zero-order chi connectivity index (χ0) is 11.1. The van der Waals surface area contributed by atoms with Gasteiger partial charge in [-0.05, 0) is 12.0 Å². The first kappa shape index (κ1) is 11.0. The summed E-state index contributed by atoms with van der Waals surface area (Å²) in [6.07, 6.45) is 0.745. The van der Waals surface area contributed by atoms with Crippen molar-refractivity contribution >= 4 is 5.96 Å². The zero-order valence-corrected chi connectivity index (χ0v) is 8.09. The highest BCUT2D eigenvalue weighted by Crippen LogP contribution is 1.97. The molecule has 0 aliphatic carbocycles. The van der Waals surface area contributed by atoms with Crippen LogP contribution in [0.1, 0.15) is 5.56 Å². The van der Waals surface area contributed by atoms with E-state index >= 15 is 0 Å². The minimum absolute atomic E-state index is 0.170. The lowest BCUT2D eigenvalue weighted by Gasteiger charge is -2.02. The monoisotopic (exact) mass is 208 g/mol. The summed E-state index contributed by atoms with van der Waals surface area (Å²) in [5.41, 5.74) is 6.37. The predicted molar refractivity (Wildman–Crippen MR) is 56.8 cm³/mol. The van der Waals surface area contributed by atoms with Crippen LogP contribution in [0.2, 0.25) is 0 Å². The van der Waals surface area contributed by atoms with Crippen molar-refractivity contribution < 1.29 is 5.03 Å². The number of benzene rings is 1. The number of hydrogen-bond acceptors (Lipinski definition) is 2. The van der Waals surface area contributed by atoms with E-state index in [0.717, 1.165) is 12.0 Å². The van der Waals surface area contributed by atoms with Crippen molar-refractivity contribution in [2.75, 3.05) is 6.54 Å². The normalized spacial score (nSPS) is 11.1. The number of nitro groups is 1. The molecule has 0 heterocycles. The second kappa shape index (κ2) is 5.58. The maximum atomic E-state index is 9.94. The largest absolute Gasteiger partial charge is 0.365 e. The van der Waals surface area contributed by atoms with Gasteiger partial charge in [-0.25, -0.2) is 10.1 Å². The lowest BCUT2D eigenvalue weighted by Crippen LogP contribution is -2.33. The molecule has 0 atom stereocenters. The minimum atomic E-state index is -0.829. The molecule has 0 bridgehead atoms. The fourth-order valence-corrected chi connectivity index (χ4v) is 1.10. The number of nitrogens with two attached hydrogens (primary N) is 1. The molecule has 6 nitrogen and oxygen atoms in total. The molecule has 80 valence electrons. The standard InChI is InChI=1S/C9H12N4O2/c10-9(12-13(14)15)11-7-6-8-4-2-1-3-5-8/h1-5H,6-7H2,(H3,10,11,12). The zero-order valence-electron chi connectivity index (χ0n) is 8.09. The third-order valence-electron chi connectivity index (χ3n) is 1.75. The van der Waals surface area contributed by atoms with Crippen molar-refractivity contribution in [1.29, 1.82) is 0 Å². The van der Waals surface area contributed by atoms with E-state index in [4.69, 9.17) is 5.73 Å². The van der Waals surface area contributed by atoms with Crippen LogP contribution in [-0.4, -0.2) is 17.5 Å². The third-order valence-corrected chi connectivity index (χ3v) is 1.75. The van der Waals surface area contributed by atoms with Gasteiger partial charge < -0.3 is 11.1 Å². The number of guanidine groups is 1. The van der Waals surface area contributed by atoms with Crippen molar-refractivity contribution in [3.05, 3.63) is 46.0 Å². The van der Waals surface area contributed by atoms with Crippen LogP contribution in [0.15, 0.2) is 35.4 Å². The van der Waals surface area contributed by atoms with Crippen LogP contribution < -0.4 is 11.1 Å². The van der Waals surface area contributed by atoms with Crippen LogP contribution in [0, 0.1) is 10.1 Å².